The van der Waals surface area contributed by atoms with Crippen LogP contribution in [0.1, 0.15) is 16.5 Å². The molecule has 6 heteroatoms. The Bertz CT molecular complexity index is 603. The summed E-state index contributed by atoms with van der Waals surface area (Å²) in [6.45, 7) is -3.00. The summed E-state index contributed by atoms with van der Waals surface area (Å²) in [6.07, 6.45) is 0. The van der Waals surface area contributed by atoms with Crippen LogP contribution in [0, 0.1) is 11.6 Å². The van der Waals surface area contributed by atoms with Crippen LogP contribution in [0.2, 0.25) is 0 Å². The smallest absolute Gasteiger partial charge is 0.387 e. The van der Waals surface area contributed by atoms with Crippen LogP contribution in [0.15, 0.2) is 42.5 Å². The van der Waals surface area contributed by atoms with Crippen molar-refractivity contribution < 1.29 is 22.3 Å². The van der Waals surface area contributed by atoms with E-state index < -0.39 is 23.6 Å². The molecule has 1 unspecified atom stereocenters. The molecule has 0 aromatic heterocycles. The van der Waals surface area contributed by atoms with Gasteiger partial charge in [-0.1, -0.05) is 24.3 Å². The molecule has 106 valence electrons. The summed E-state index contributed by atoms with van der Waals surface area (Å²) >= 11 is 6.13. The molecule has 0 N–H and O–H groups in total. The molecule has 0 radical (unpaired) electrons. The lowest BCUT2D eigenvalue weighted by Gasteiger charge is -2.15. The SMILES string of the molecule is Fc1ccc(C(Cl)c2ccccc2OC(F)F)cc1F. The number of rotatable bonds is 4. The van der Waals surface area contributed by atoms with Crippen LogP contribution in [-0.2, 0) is 0 Å². The van der Waals surface area contributed by atoms with E-state index >= 15 is 0 Å². The summed E-state index contributed by atoms with van der Waals surface area (Å²) in [5, 5.41) is -0.931. The molecule has 0 aliphatic heterocycles. The quantitative estimate of drug-likeness (QED) is 0.577. The average Bonchev–Trinajstić information content (AvgIpc) is 2.41. The van der Waals surface area contributed by atoms with E-state index in [9.17, 15) is 17.6 Å². The number of para-hydroxylation sites is 1. The Labute approximate surface area is 117 Å². The fourth-order valence-corrected chi connectivity index (χ4v) is 2.06. The summed E-state index contributed by atoms with van der Waals surface area (Å²) in [7, 11) is 0. The number of benzene rings is 2. The molecule has 1 atom stereocenters. The van der Waals surface area contributed by atoms with Crippen LogP contribution in [0.3, 0.4) is 0 Å². The van der Waals surface area contributed by atoms with Crippen molar-refractivity contribution in [1.82, 2.24) is 0 Å². The van der Waals surface area contributed by atoms with Crippen molar-refractivity contribution in [2.75, 3.05) is 0 Å². The first-order valence-electron chi connectivity index (χ1n) is 5.62. The molecule has 0 heterocycles. The molecule has 20 heavy (non-hydrogen) atoms. The predicted octanol–water partition coefficient (Wildman–Crippen LogP) is 4.89. The third kappa shape index (κ3) is 3.22. The third-order valence-corrected chi connectivity index (χ3v) is 3.13. The molecule has 0 aliphatic rings. The van der Waals surface area contributed by atoms with Gasteiger partial charge in [-0.2, -0.15) is 8.78 Å². The molecule has 0 amide bonds. The second kappa shape index (κ2) is 6.13. The van der Waals surface area contributed by atoms with Crippen molar-refractivity contribution in [3.05, 3.63) is 65.2 Å². The minimum absolute atomic E-state index is 0.104. The molecule has 2 aromatic rings. The van der Waals surface area contributed by atoms with Gasteiger partial charge in [-0.3, -0.25) is 0 Å². The zero-order chi connectivity index (χ0) is 14.7. The van der Waals surface area contributed by atoms with Gasteiger partial charge < -0.3 is 4.74 Å². The molecule has 0 bridgehead atoms. The highest BCUT2D eigenvalue weighted by atomic mass is 35.5. The number of hydrogen-bond acceptors (Lipinski definition) is 1. The minimum Gasteiger partial charge on any atom is -0.434 e. The van der Waals surface area contributed by atoms with Gasteiger partial charge in [-0.25, -0.2) is 8.78 Å². The van der Waals surface area contributed by atoms with Gasteiger partial charge in [0.2, 0.25) is 0 Å². The number of halogens is 5. The third-order valence-electron chi connectivity index (χ3n) is 2.64. The molecule has 0 spiro atoms. The number of ether oxygens (including phenoxy) is 1. The Kier molecular flexibility index (Phi) is 4.49. The minimum atomic E-state index is -3.00. The zero-order valence-electron chi connectivity index (χ0n) is 9.99. The molecule has 0 aliphatic carbocycles. The van der Waals surface area contributed by atoms with E-state index in [1.807, 2.05) is 0 Å². The lowest BCUT2D eigenvalue weighted by molar-refractivity contribution is -0.0504. The molecule has 0 saturated heterocycles. The zero-order valence-corrected chi connectivity index (χ0v) is 10.8. The van der Waals surface area contributed by atoms with Crippen molar-refractivity contribution in [1.29, 1.82) is 0 Å². The Morgan fingerprint density at radius 1 is 0.950 bits per heavy atom. The van der Waals surface area contributed by atoms with Gasteiger partial charge >= 0.3 is 6.61 Å². The lowest BCUT2D eigenvalue weighted by atomic mass is 10.0. The van der Waals surface area contributed by atoms with E-state index in [0.29, 0.717) is 0 Å². The molecular formula is C14H9ClF4O. The normalized spacial score (nSPS) is 12.5. The highest BCUT2D eigenvalue weighted by Gasteiger charge is 2.19. The Balaban J connectivity index is 2.37. The Morgan fingerprint density at radius 2 is 1.65 bits per heavy atom. The Hall–Kier alpha value is -1.75. The van der Waals surface area contributed by atoms with Gasteiger partial charge in [0.05, 0.1) is 5.38 Å². The van der Waals surface area contributed by atoms with Crippen molar-refractivity contribution >= 4 is 11.6 Å². The van der Waals surface area contributed by atoms with Gasteiger partial charge in [0, 0.05) is 5.56 Å². The summed E-state index contributed by atoms with van der Waals surface area (Å²) in [5.74, 6) is -2.16. The van der Waals surface area contributed by atoms with Gasteiger partial charge in [0.15, 0.2) is 11.6 Å². The highest BCUT2D eigenvalue weighted by Crippen LogP contribution is 2.35. The fraction of sp³-hybridized carbons (Fsp3) is 0.143. The molecular weight excluding hydrogens is 296 g/mol. The van der Waals surface area contributed by atoms with E-state index in [0.717, 1.165) is 12.1 Å². The van der Waals surface area contributed by atoms with Gasteiger partial charge in [0.25, 0.3) is 0 Å². The average molecular weight is 305 g/mol. The standard InChI is InChI=1S/C14H9ClF4O/c15-13(8-5-6-10(16)11(17)7-8)9-3-1-2-4-12(9)20-14(18)19/h1-7,13-14H. The van der Waals surface area contributed by atoms with E-state index in [2.05, 4.69) is 4.74 Å². The Morgan fingerprint density at radius 3 is 2.30 bits per heavy atom. The topological polar surface area (TPSA) is 9.23 Å². The summed E-state index contributed by atoms with van der Waals surface area (Å²) < 4.78 is 55.0. The first-order valence-corrected chi connectivity index (χ1v) is 6.05. The maximum absolute atomic E-state index is 13.2. The first-order chi connectivity index (χ1) is 9.49. The highest BCUT2D eigenvalue weighted by molar-refractivity contribution is 6.22. The van der Waals surface area contributed by atoms with Crippen LogP contribution in [0.5, 0.6) is 5.75 Å². The van der Waals surface area contributed by atoms with E-state index in [1.165, 1.54) is 24.3 Å². The van der Waals surface area contributed by atoms with Gasteiger partial charge in [0.1, 0.15) is 5.75 Å². The van der Waals surface area contributed by atoms with Crippen LogP contribution in [-0.4, -0.2) is 6.61 Å². The predicted molar refractivity (Wildman–Crippen MR) is 67.1 cm³/mol. The van der Waals surface area contributed by atoms with E-state index in [-0.39, 0.29) is 16.9 Å². The molecule has 2 rings (SSSR count). The second-order valence-electron chi connectivity index (χ2n) is 3.95. The summed E-state index contributed by atoms with van der Waals surface area (Å²) in [4.78, 5) is 0. The van der Waals surface area contributed by atoms with Crippen LogP contribution in [0.25, 0.3) is 0 Å². The van der Waals surface area contributed by atoms with Gasteiger partial charge in [-0.05, 0) is 23.8 Å². The maximum Gasteiger partial charge on any atom is 0.387 e. The van der Waals surface area contributed by atoms with Crippen LogP contribution in [0.4, 0.5) is 17.6 Å². The van der Waals surface area contributed by atoms with Crippen molar-refractivity contribution in [2.45, 2.75) is 12.0 Å². The first kappa shape index (κ1) is 14.7. The maximum atomic E-state index is 13.2. The van der Waals surface area contributed by atoms with Crippen molar-refractivity contribution in [2.24, 2.45) is 0 Å². The molecule has 0 saturated carbocycles. The lowest BCUT2D eigenvalue weighted by Crippen LogP contribution is -2.06. The summed E-state index contributed by atoms with van der Waals surface area (Å²) in [6, 6.07) is 9.05. The van der Waals surface area contributed by atoms with Gasteiger partial charge in [-0.15, -0.1) is 11.6 Å². The van der Waals surface area contributed by atoms with E-state index in [4.69, 9.17) is 11.6 Å². The largest absolute Gasteiger partial charge is 0.434 e. The number of hydrogen-bond donors (Lipinski definition) is 0. The fourth-order valence-electron chi connectivity index (χ4n) is 1.74. The van der Waals surface area contributed by atoms with E-state index in [1.54, 1.807) is 6.07 Å². The molecule has 2 aromatic carbocycles. The van der Waals surface area contributed by atoms with Crippen LogP contribution >= 0.6 is 11.6 Å². The number of alkyl halides is 3. The second-order valence-corrected chi connectivity index (χ2v) is 4.39. The summed E-state index contributed by atoms with van der Waals surface area (Å²) in [5.41, 5.74) is 0.497. The van der Waals surface area contributed by atoms with Crippen molar-refractivity contribution in [3.8, 4) is 5.75 Å². The molecule has 1 nitrogen and oxygen atoms in total. The van der Waals surface area contributed by atoms with Crippen molar-refractivity contribution in [3.63, 3.8) is 0 Å². The molecule has 0 fully saturated rings. The monoisotopic (exact) mass is 304 g/mol. The van der Waals surface area contributed by atoms with Crippen LogP contribution < -0.4 is 4.74 Å².